The third-order valence-corrected chi connectivity index (χ3v) is 8.73. The van der Waals surface area contributed by atoms with Gasteiger partial charge in [-0.05, 0) is 75.1 Å². The molecule has 1 spiro atoms. The molecule has 41 heavy (non-hydrogen) atoms. The molecule has 2 fully saturated rings. The molecular weight excluding hydrogens is 561 g/mol. The van der Waals surface area contributed by atoms with E-state index in [0.29, 0.717) is 63.8 Å². The number of nitrogens with one attached hydrogen (secondary N) is 1. The molecule has 0 bridgehead atoms. The predicted octanol–water partition coefficient (Wildman–Crippen LogP) is 5.64. The van der Waals surface area contributed by atoms with E-state index in [4.69, 9.17) is 16.3 Å². The van der Waals surface area contributed by atoms with Gasteiger partial charge in [-0.2, -0.15) is 0 Å². The second-order valence-electron chi connectivity index (χ2n) is 10.9. The summed E-state index contributed by atoms with van der Waals surface area (Å²) in [5, 5.41) is 2.93. The number of benzene rings is 1. The van der Waals surface area contributed by atoms with Gasteiger partial charge in [0.1, 0.15) is 11.5 Å². The zero-order chi connectivity index (χ0) is 29.3. The van der Waals surface area contributed by atoms with Crippen molar-refractivity contribution in [1.29, 1.82) is 0 Å². The summed E-state index contributed by atoms with van der Waals surface area (Å²) in [6, 6.07) is 5.44. The zero-order valence-corrected chi connectivity index (χ0v) is 23.4. The first-order chi connectivity index (χ1) is 19.6. The van der Waals surface area contributed by atoms with Crippen LogP contribution in [0.25, 0.3) is 0 Å². The van der Waals surface area contributed by atoms with Crippen LogP contribution in [-0.2, 0) is 14.9 Å². The topological polar surface area (TPSA) is 91.8 Å². The van der Waals surface area contributed by atoms with E-state index in [1.165, 1.54) is 18.2 Å². The summed E-state index contributed by atoms with van der Waals surface area (Å²) in [5.74, 6) is -1.03. The number of alkyl halides is 2. The standard InChI is InChI=1S/C29H32ClF3N4O4/c1-2-41-28(40)36-11-9-29(10-12-36)22-8-5-19(31)14-23(22)37(27(29)39)16-17-3-6-20(7-4-17)35-26(38)21-13-18(30)15-34-24(21)25(32)33/h5,8,13-15,17,20,25H,2-4,6-7,9-12,16H2,1H3,(H,35,38). The molecule has 3 heterocycles. The Balaban J connectivity index is 1.24. The molecule has 0 unspecified atom stereocenters. The quantitative estimate of drug-likeness (QED) is 0.469. The molecule has 3 amide bonds. The number of hydrogen-bond donors (Lipinski definition) is 1. The van der Waals surface area contributed by atoms with Crippen molar-refractivity contribution in [3.63, 3.8) is 0 Å². The number of amides is 3. The van der Waals surface area contributed by atoms with Gasteiger partial charge in [0.15, 0.2) is 0 Å². The Hall–Kier alpha value is -3.34. The van der Waals surface area contributed by atoms with Crippen LogP contribution in [-0.4, -0.2) is 60.1 Å². The molecule has 2 aromatic rings. The highest BCUT2D eigenvalue weighted by molar-refractivity contribution is 6.30. The average molecular weight is 593 g/mol. The van der Waals surface area contributed by atoms with Crippen LogP contribution in [0.3, 0.4) is 0 Å². The van der Waals surface area contributed by atoms with Crippen molar-refractivity contribution in [3.05, 3.63) is 58.1 Å². The Morgan fingerprint density at radius 1 is 1.17 bits per heavy atom. The molecule has 12 heteroatoms. The molecule has 8 nitrogen and oxygen atoms in total. The summed E-state index contributed by atoms with van der Waals surface area (Å²) in [7, 11) is 0. The lowest BCUT2D eigenvalue weighted by atomic mass is 9.73. The van der Waals surface area contributed by atoms with E-state index in [0.717, 1.165) is 11.8 Å². The molecule has 1 aromatic heterocycles. The van der Waals surface area contributed by atoms with E-state index in [9.17, 15) is 27.6 Å². The van der Waals surface area contributed by atoms with Crippen LogP contribution in [0, 0.1) is 11.7 Å². The lowest BCUT2D eigenvalue weighted by Gasteiger charge is -2.38. The number of likely N-dealkylation sites (tertiary alicyclic amines) is 1. The normalized spacial score (nSPS) is 21.8. The van der Waals surface area contributed by atoms with Crippen LogP contribution in [0.2, 0.25) is 5.02 Å². The smallest absolute Gasteiger partial charge is 0.409 e. The monoisotopic (exact) mass is 592 g/mol. The number of carbonyl (C=O) groups excluding carboxylic acids is 3. The lowest BCUT2D eigenvalue weighted by Crippen LogP contribution is -2.51. The van der Waals surface area contributed by atoms with Crippen molar-refractivity contribution >= 4 is 35.2 Å². The van der Waals surface area contributed by atoms with Crippen LogP contribution in [0.15, 0.2) is 30.5 Å². The van der Waals surface area contributed by atoms with E-state index in [1.807, 2.05) is 0 Å². The average Bonchev–Trinajstić information content (AvgIpc) is 3.16. The first-order valence-corrected chi connectivity index (χ1v) is 14.3. The van der Waals surface area contributed by atoms with Gasteiger partial charge in [0, 0.05) is 31.9 Å². The molecule has 0 atom stereocenters. The molecule has 1 saturated carbocycles. The maximum Gasteiger partial charge on any atom is 0.409 e. The third kappa shape index (κ3) is 5.73. The van der Waals surface area contributed by atoms with Gasteiger partial charge >= 0.3 is 6.09 Å². The van der Waals surface area contributed by atoms with Gasteiger partial charge in [0.2, 0.25) is 5.91 Å². The number of aromatic nitrogens is 1. The zero-order valence-electron chi connectivity index (χ0n) is 22.7. The van der Waals surface area contributed by atoms with Gasteiger partial charge in [-0.1, -0.05) is 17.7 Å². The minimum atomic E-state index is -2.91. The van der Waals surface area contributed by atoms with Crippen molar-refractivity contribution in [2.75, 3.05) is 31.1 Å². The SMILES string of the molecule is CCOC(=O)N1CCC2(CC1)C(=O)N(CC1CCC(NC(=O)c3cc(Cl)cnc3C(F)F)CC1)c1cc(F)ccc12. The number of pyridine rings is 1. The van der Waals surface area contributed by atoms with Crippen molar-refractivity contribution in [3.8, 4) is 0 Å². The Morgan fingerprint density at radius 2 is 1.88 bits per heavy atom. The first-order valence-electron chi connectivity index (χ1n) is 13.9. The number of ether oxygens (including phenoxy) is 1. The fourth-order valence-corrected chi connectivity index (χ4v) is 6.54. The summed E-state index contributed by atoms with van der Waals surface area (Å²) in [6.45, 7) is 3.17. The van der Waals surface area contributed by atoms with Crippen LogP contribution in [0.5, 0.6) is 0 Å². The van der Waals surface area contributed by atoms with E-state index >= 15 is 0 Å². The van der Waals surface area contributed by atoms with Crippen molar-refractivity contribution < 1.29 is 32.3 Å². The molecule has 2 aliphatic heterocycles. The highest BCUT2D eigenvalue weighted by Crippen LogP contribution is 2.49. The van der Waals surface area contributed by atoms with Crippen LogP contribution in [0.1, 0.15) is 73.5 Å². The number of rotatable bonds is 6. The van der Waals surface area contributed by atoms with Crippen molar-refractivity contribution in [2.24, 2.45) is 5.92 Å². The highest BCUT2D eigenvalue weighted by Gasteiger charge is 2.53. The molecule has 5 rings (SSSR count). The first kappa shape index (κ1) is 29.2. The number of anilines is 1. The van der Waals surface area contributed by atoms with Gasteiger partial charge in [-0.3, -0.25) is 14.6 Å². The fourth-order valence-electron chi connectivity index (χ4n) is 6.38. The van der Waals surface area contributed by atoms with E-state index in [-0.39, 0.29) is 35.1 Å². The second-order valence-corrected chi connectivity index (χ2v) is 11.4. The van der Waals surface area contributed by atoms with E-state index in [1.54, 1.807) is 22.8 Å². The third-order valence-electron chi connectivity index (χ3n) is 8.52. The molecule has 0 radical (unpaired) electrons. The van der Waals surface area contributed by atoms with Gasteiger partial charge in [0.25, 0.3) is 12.3 Å². The van der Waals surface area contributed by atoms with Gasteiger partial charge in [-0.25, -0.2) is 18.0 Å². The summed E-state index contributed by atoms with van der Waals surface area (Å²) in [5.41, 5.74) is -0.303. The van der Waals surface area contributed by atoms with Crippen molar-refractivity contribution in [1.82, 2.24) is 15.2 Å². The van der Waals surface area contributed by atoms with Gasteiger partial charge < -0.3 is 19.9 Å². The Labute approximate surface area is 241 Å². The molecule has 1 N–H and O–H groups in total. The van der Waals surface area contributed by atoms with Crippen LogP contribution >= 0.6 is 11.6 Å². The predicted molar refractivity (Wildman–Crippen MR) is 146 cm³/mol. The van der Waals surface area contributed by atoms with Crippen LogP contribution in [0.4, 0.5) is 23.7 Å². The number of piperidine rings is 1. The minimum Gasteiger partial charge on any atom is -0.450 e. The second kappa shape index (κ2) is 11.9. The number of carbonyl (C=O) groups is 3. The molecule has 1 saturated heterocycles. The number of halogens is 4. The summed E-state index contributed by atoms with van der Waals surface area (Å²) >= 11 is 5.89. The molecule has 3 aliphatic rings. The summed E-state index contributed by atoms with van der Waals surface area (Å²) in [6.07, 6.45) is 1.23. The van der Waals surface area contributed by atoms with Gasteiger partial charge in [0.05, 0.1) is 28.3 Å². The maximum absolute atomic E-state index is 14.4. The maximum atomic E-state index is 14.4. The molecular formula is C29H32ClF3N4O4. The van der Waals surface area contributed by atoms with Crippen LogP contribution < -0.4 is 10.2 Å². The molecule has 220 valence electrons. The lowest BCUT2D eigenvalue weighted by molar-refractivity contribution is -0.125. The number of hydrogen-bond acceptors (Lipinski definition) is 5. The number of nitrogens with zero attached hydrogens (tertiary/aromatic N) is 3. The highest BCUT2D eigenvalue weighted by atomic mass is 35.5. The van der Waals surface area contributed by atoms with Crippen molar-refractivity contribution in [2.45, 2.75) is 63.3 Å². The Kier molecular flexibility index (Phi) is 8.45. The molecule has 1 aliphatic carbocycles. The minimum absolute atomic E-state index is 0.0787. The molecule has 1 aromatic carbocycles. The summed E-state index contributed by atoms with van der Waals surface area (Å²) < 4.78 is 46.2. The van der Waals surface area contributed by atoms with Gasteiger partial charge in [-0.15, -0.1) is 0 Å². The fraction of sp³-hybridized carbons (Fsp3) is 0.517. The Morgan fingerprint density at radius 3 is 2.54 bits per heavy atom. The van der Waals surface area contributed by atoms with E-state index in [2.05, 4.69) is 10.3 Å². The largest absolute Gasteiger partial charge is 0.450 e. The number of fused-ring (bicyclic) bond motifs is 2. The summed E-state index contributed by atoms with van der Waals surface area (Å²) in [4.78, 5) is 45.9. The Bertz CT molecular complexity index is 1330. The van der Waals surface area contributed by atoms with E-state index < -0.39 is 35.4 Å².